The molecule has 0 bridgehead atoms. The van der Waals surface area contributed by atoms with E-state index in [2.05, 4.69) is 10.5 Å². The normalized spacial score (nSPS) is 10.2. The number of aryl methyl sites for hydroxylation is 1. The maximum absolute atomic E-state index is 12.6. The molecule has 1 amide bonds. The Labute approximate surface area is 97.4 Å². The summed E-state index contributed by atoms with van der Waals surface area (Å²) in [6.07, 6.45) is 0.134. The topological polar surface area (TPSA) is 55.1 Å². The lowest BCUT2D eigenvalue weighted by atomic mass is 10.2. The fraction of sp³-hybridized carbons (Fsp3) is 0.167. The van der Waals surface area contributed by atoms with Gasteiger partial charge in [-0.3, -0.25) is 4.79 Å². The van der Waals surface area contributed by atoms with E-state index >= 15 is 0 Å². The summed E-state index contributed by atoms with van der Waals surface area (Å²) in [5.41, 5.74) is 1.12. The van der Waals surface area contributed by atoms with Gasteiger partial charge in [0.05, 0.1) is 12.1 Å². The Balaban J connectivity index is 1.95. The first-order chi connectivity index (χ1) is 8.13. The number of nitrogens with one attached hydrogen (secondary N) is 1. The second-order valence-electron chi connectivity index (χ2n) is 3.66. The lowest BCUT2D eigenvalue weighted by Crippen LogP contribution is -2.14. The highest BCUT2D eigenvalue weighted by molar-refractivity contribution is 5.91. The van der Waals surface area contributed by atoms with E-state index < -0.39 is 0 Å². The van der Waals surface area contributed by atoms with Crippen LogP contribution in [-0.4, -0.2) is 11.1 Å². The van der Waals surface area contributed by atoms with Crippen molar-refractivity contribution in [2.24, 2.45) is 0 Å². The minimum Gasteiger partial charge on any atom is -0.361 e. The molecule has 2 aromatic rings. The molecule has 0 aliphatic heterocycles. The van der Waals surface area contributed by atoms with Crippen LogP contribution in [0.15, 0.2) is 34.9 Å². The van der Waals surface area contributed by atoms with Crippen LogP contribution < -0.4 is 5.32 Å². The lowest BCUT2D eigenvalue weighted by molar-refractivity contribution is -0.115. The first kappa shape index (κ1) is 11.3. The van der Waals surface area contributed by atoms with Crippen molar-refractivity contribution in [3.05, 3.63) is 47.6 Å². The van der Waals surface area contributed by atoms with Gasteiger partial charge in [0.15, 0.2) is 0 Å². The highest BCUT2D eigenvalue weighted by Crippen LogP contribution is 2.09. The summed E-state index contributed by atoms with van der Waals surface area (Å²) in [5, 5.41) is 6.36. The van der Waals surface area contributed by atoms with E-state index in [1.165, 1.54) is 24.3 Å². The van der Waals surface area contributed by atoms with Crippen LogP contribution in [0.1, 0.15) is 11.5 Å². The molecule has 0 aliphatic rings. The number of hydrogen-bond donors (Lipinski definition) is 1. The Morgan fingerprint density at radius 2 is 2.12 bits per heavy atom. The zero-order chi connectivity index (χ0) is 12.3. The number of aromatic nitrogens is 1. The molecule has 0 unspecified atom stereocenters. The van der Waals surface area contributed by atoms with Crippen molar-refractivity contribution in [2.75, 3.05) is 5.32 Å². The van der Waals surface area contributed by atoms with Crippen LogP contribution in [0.5, 0.6) is 0 Å². The summed E-state index contributed by atoms with van der Waals surface area (Å²) in [4.78, 5) is 11.6. The van der Waals surface area contributed by atoms with Crippen LogP contribution in [0.4, 0.5) is 10.1 Å². The van der Waals surface area contributed by atoms with Gasteiger partial charge in [-0.05, 0) is 31.2 Å². The van der Waals surface area contributed by atoms with E-state index in [1.807, 2.05) is 0 Å². The molecule has 1 heterocycles. The largest absolute Gasteiger partial charge is 0.361 e. The maximum atomic E-state index is 12.6. The Kier molecular flexibility index (Phi) is 3.18. The number of carbonyl (C=O) groups excluding carboxylic acids is 1. The monoisotopic (exact) mass is 234 g/mol. The molecule has 0 spiro atoms. The van der Waals surface area contributed by atoms with E-state index in [-0.39, 0.29) is 18.1 Å². The maximum Gasteiger partial charge on any atom is 0.230 e. The third-order valence-electron chi connectivity index (χ3n) is 2.15. The SMILES string of the molecule is Cc1cc(CC(=O)Nc2ccc(F)cc2)no1. The zero-order valence-electron chi connectivity index (χ0n) is 9.24. The van der Waals surface area contributed by atoms with E-state index in [0.29, 0.717) is 17.1 Å². The molecule has 17 heavy (non-hydrogen) atoms. The second kappa shape index (κ2) is 4.78. The zero-order valence-corrected chi connectivity index (χ0v) is 9.24. The minimum atomic E-state index is -0.338. The van der Waals surface area contributed by atoms with Crippen molar-refractivity contribution in [1.82, 2.24) is 5.16 Å². The number of amides is 1. The third-order valence-corrected chi connectivity index (χ3v) is 2.15. The number of hydrogen-bond acceptors (Lipinski definition) is 3. The van der Waals surface area contributed by atoms with Gasteiger partial charge in [-0.15, -0.1) is 0 Å². The van der Waals surface area contributed by atoms with Crippen LogP contribution in [0.2, 0.25) is 0 Å². The van der Waals surface area contributed by atoms with Gasteiger partial charge in [0, 0.05) is 11.8 Å². The quantitative estimate of drug-likeness (QED) is 0.886. The Bertz CT molecular complexity index is 520. The van der Waals surface area contributed by atoms with Crippen LogP contribution in [0.25, 0.3) is 0 Å². The number of carbonyl (C=O) groups is 1. The highest BCUT2D eigenvalue weighted by Gasteiger charge is 2.07. The first-order valence-corrected chi connectivity index (χ1v) is 5.11. The van der Waals surface area contributed by atoms with Crippen LogP contribution in [0.3, 0.4) is 0 Å². The lowest BCUT2D eigenvalue weighted by Gasteiger charge is -2.02. The van der Waals surface area contributed by atoms with Crippen molar-refractivity contribution < 1.29 is 13.7 Å². The van der Waals surface area contributed by atoms with Crippen molar-refractivity contribution in [2.45, 2.75) is 13.3 Å². The molecule has 4 nitrogen and oxygen atoms in total. The minimum absolute atomic E-state index is 0.134. The summed E-state index contributed by atoms with van der Waals surface area (Å²) in [7, 11) is 0. The number of rotatable bonds is 3. The van der Waals surface area contributed by atoms with E-state index in [0.717, 1.165) is 0 Å². The molecular formula is C12H11FN2O2. The fourth-order valence-corrected chi connectivity index (χ4v) is 1.40. The molecular weight excluding hydrogens is 223 g/mol. The number of anilines is 1. The van der Waals surface area contributed by atoms with Crippen molar-refractivity contribution in [1.29, 1.82) is 0 Å². The van der Waals surface area contributed by atoms with E-state index in [4.69, 9.17) is 4.52 Å². The summed E-state index contributed by atoms with van der Waals surface area (Å²) in [6.45, 7) is 1.76. The van der Waals surface area contributed by atoms with Crippen LogP contribution in [-0.2, 0) is 11.2 Å². The molecule has 0 aliphatic carbocycles. The smallest absolute Gasteiger partial charge is 0.230 e. The average molecular weight is 234 g/mol. The Morgan fingerprint density at radius 1 is 1.41 bits per heavy atom. The molecule has 0 saturated carbocycles. The van der Waals surface area contributed by atoms with Gasteiger partial charge in [0.1, 0.15) is 11.6 Å². The summed E-state index contributed by atoms with van der Waals surface area (Å²) in [5.74, 6) is 0.106. The fourth-order valence-electron chi connectivity index (χ4n) is 1.40. The van der Waals surface area contributed by atoms with Gasteiger partial charge in [0.25, 0.3) is 0 Å². The van der Waals surface area contributed by atoms with Gasteiger partial charge in [-0.2, -0.15) is 0 Å². The number of halogens is 1. The summed E-state index contributed by atoms with van der Waals surface area (Å²) >= 11 is 0. The number of nitrogens with zero attached hydrogens (tertiary/aromatic N) is 1. The molecule has 1 aromatic carbocycles. The number of benzene rings is 1. The first-order valence-electron chi connectivity index (χ1n) is 5.11. The molecule has 0 fully saturated rings. The third kappa shape index (κ3) is 3.14. The summed E-state index contributed by atoms with van der Waals surface area (Å²) < 4.78 is 17.5. The predicted molar refractivity (Wildman–Crippen MR) is 60.0 cm³/mol. The second-order valence-corrected chi connectivity index (χ2v) is 3.66. The molecule has 88 valence electrons. The highest BCUT2D eigenvalue weighted by atomic mass is 19.1. The molecule has 0 atom stereocenters. The van der Waals surface area contributed by atoms with E-state index in [1.54, 1.807) is 13.0 Å². The van der Waals surface area contributed by atoms with Crippen LogP contribution in [0, 0.1) is 12.7 Å². The van der Waals surface area contributed by atoms with Gasteiger partial charge in [0.2, 0.25) is 5.91 Å². The van der Waals surface area contributed by atoms with Crippen molar-refractivity contribution in [3.8, 4) is 0 Å². The van der Waals surface area contributed by atoms with Crippen molar-refractivity contribution in [3.63, 3.8) is 0 Å². The Hall–Kier alpha value is -2.17. The molecule has 1 N–H and O–H groups in total. The molecule has 2 rings (SSSR count). The summed E-state index contributed by atoms with van der Waals surface area (Å²) in [6, 6.07) is 7.28. The van der Waals surface area contributed by atoms with Crippen LogP contribution >= 0.6 is 0 Å². The molecule has 5 heteroatoms. The van der Waals surface area contributed by atoms with Gasteiger partial charge in [-0.25, -0.2) is 4.39 Å². The van der Waals surface area contributed by atoms with Gasteiger partial charge < -0.3 is 9.84 Å². The molecule has 0 saturated heterocycles. The molecule has 1 aromatic heterocycles. The van der Waals surface area contributed by atoms with Gasteiger partial charge >= 0.3 is 0 Å². The molecule has 0 radical (unpaired) electrons. The predicted octanol–water partition coefficient (Wildman–Crippen LogP) is 2.30. The van der Waals surface area contributed by atoms with Gasteiger partial charge in [-0.1, -0.05) is 5.16 Å². The average Bonchev–Trinajstić information content (AvgIpc) is 2.67. The van der Waals surface area contributed by atoms with E-state index in [9.17, 15) is 9.18 Å². The Morgan fingerprint density at radius 3 is 2.71 bits per heavy atom. The standard InChI is InChI=1S/C12H11FN2O2/c1-8-6-11(15-17-8)7-12(16)14-10-4-2-9(13)3-5-10/h2-6H,7H2,1H3,(H,14,16). The van der Waals surface area contributed by atoms with Crippen molar-refractivity contribution >= 4 is 11.6 Å².